The van der Waals surface area contributed by atoms with Crippen LogP contribution < -0.4 is 10.6 Å². The molecule has 0 unspecified atom stereocenters. The van der Waals surface area contributed by atoms with E-state index in [1.165, 1.54) is 21.6 Å². The van der Waals surface area contributed by atoms with Crippen molar-refractivity contribution in [2.45, 2.75) is 26.2 Å². The molecule has 0 aliphatic carbocycles. The third kappa shape index (κ3) is 6.51. The summed E-state index contributed by atoms with van der Waals surface area (Å²) in [5.74, 6) is 0.816. The molecular formula is C23H27N3OS. The van der Waals surface area contributed by atoms with Gasteiger partial charge in [0.2, 0.25) is 0 Å². The largest absolute Gasteiger partial charge is 0.372 e. The summed E-state index contributed by atoms with van der Waals surface area (Å²) in [7, 11) is 1.80. The molecule has 0 saturated heterocycles. The van der Waals surface area contributed by atoms with Gasteiger partial charge in [-0.3, -0.25) is 4.99 Å². The van der Waals surface area contributed by atoms with Gasteiger partial charge >= 0.3 is 0 Å². The van der Waals surface area contributed by atoms with Gasteiger partial charge in [0.1, 0.15) is 0 Å². The van der Waals surface area contributed by atoms with E-state index in [1.54, 1.807) is 18.4 Å². The molecule has 0 radical (unpaired) electrons. The number of rotatable bonds is 9. The lowest BCUT2D eigenvalue weighted by atomic mass is 10.1. The fourth-order valence-electron chi connectivity index (χ4n) is 2.88. The summed E-state index contributed by atoms with van der Waals surface area (Å²) in [6, 6.07) is 22.9. The van der Waals surface area contributed by atoms with Crippen molar-refractivity contribution in [3.05, 3.63) is 93.7 Å². The molecule has 0 aliphatic rings. The average Bonchev–Trinajstić information content (AvgIpc) is 3.26. The highest BCUT2D eigenvalue weighted by molar-refractivity contribution is 7.09. The molecule has 146 valence electrons. The lowest BCUT2D eigenvalue weighted by Crippen LogP contribution is -2.38. The second-order valence-electron chi connectivity index (χ2n) is 6.43. The molecule has 0 amide bonds. The van der Waals surface area contributed by atoms with E-state index < -0.39 is 0 Å². The van der Waals surface area contributed by atoms with Crippen LogP contribution in [0, 0.1) is 0 Å². The van der Waals surface area contributed by atoms with Crippen LogP contribution in [-0.2, 0) is 30.9 Å². The maximum atomic E-state index is 5.91. The van der Waals surface area contributed by atoms with Gasteiger partial charge in [-0.05, 0) is 34.6 Å². The van der Waals surface area contributed by atoms with E-state index in [-0.39, 0.29) is 0 Å². The Bertz CT molecular complexity index is 847. The summed E-state index contributed by atoms with van der Waals surface area (Å²) < 4.78 is 5.91. The molecule has 5 heteroatoms. The monoisotopic (exact) mass is 393 g/mol. The van der Waals surface area contributed by atoms with E-state index in [1.807, 2.05) is 18.2 Å². The standard InChI is InChI=1S/C23H27N3OS/c1-24-23(25-14-13-22-12-7-15-28-22)26-16-20-10-5-6-11-21(20)18-27-17-19-8-3-2-4-9-19/h2-12,15H,13-14,16-18H2,1H3,(H2,24,25,26). The Morgan fingerprint density at radius 2 is 1.68 bits per heavy atom. The molecule has 0 fully saturated rings. The van der Waals surface area contributed by atoms with Crippen molar-refractivity contribution >= 4 is 17.3 Å². The second-order valence-corrected chi connectivity index (χ2v) is 7.46. The van der Waals surface area contributed by atoms with Crippen molar-refractivity contribution in [1.82, 2.24) is 10.6 Å². The predicted octanol–water partition coefficient (Wildman–Crippen LogP) is 4.37. The molecular weight excluding hydrogens is 366 g/mol. The van der Waals surface area contributed by atoms with E-state index in [0.29, 0.717) is 19.8 Å². The van der Waals surface area contributed by atoms with Gasteiger partial charge in [0.25, 0.3) is 0 Å². The molecule has 2 aromatic carbocycles. The highest BCUT2D eigenvalue weighted by Crippen LogP contribution is 2.12. The zero-order valence-corrected chi connectivity index (χ0v) is 17.0. The molecule has 1 heterocycles. The highest BCUT2D eigenvalue weighted by Gasteiger charge is 2.04. The Labute approximate surface area is 171 Å². The fraction of sp³-hybridized carbons (Fsp3) is 0.261. The van der Waals surface area contributed by atoms with Crippen LogP contribution in [-0.4, -0.2) is 19.6 Å². The van der Waals surface area contributed by atoms with Crippen molar-refractivity contribution in [1.29, 1.82) is 0 Å². The van der Waals surface area contributed by atoms with Gasteiger partial charge in [0.05, 0.1) is 13.2 Å². The lowest BCUT2D eigenvalue weighted by molar-refractivity contribution is 0.106. The Balaban J connectivity index is 1.46. The van der Waals surface area contributed by atoms with Crippen LogP contribution in [0.25, 0.3) is 0 Å². The molecule has 0 spiro atoms. The lowest BCUT2D eigenvalue weighted by Gasteiger charge is -2.14. The van der Waals surface area contributed by atoms with E-state index in [9.17, 15) is 0 Å². The maximum Gasteiger partial charge on any atom is 0.191 e. The van der Waals surface area contributed by atoms with Gasteiger partial charge in [0, 0.05) is 25.0 Å². The third-order valence-electron chi connectivity index (χ3n) is 4.40. The predicted molar refractivity (Wildman–Crippen MR) is 118 cm³/mol. The number of benzene rings is 2. The molecule has 1 aromatic heterocycles. The molecule has 0 saturated carbocycles. The Hall–Kier alpha value is -2.63. The SMILES string of the molecule is CN=C(NCCc1cccs1)NCc1ccccc1COCc1ccccc1. The number of aliphatic imine (C=N–C) groups is 1. The Kier molecular flexibility index (Phi) is 8.09. The minimum Gasteiger partial charge on any atom is -0.372 e. The Morgan fingerprint density at radius 3 is 2.43 bits per heavy atom. The number of nitrogens with zero attached hydrogens (tertiary/aromatic N) is 1. The van der Waals surface area contributed by atoms with Crippen LogP contribution in [0.1, 0.15) is 21.6 Å². The van der Waals surface area contributed by atoms with Gasteiger partial charge in [0.15, 0.2) is 5.96 Å². The highest BCUT2D eigenvalue weighted by atomic mass is 32.1. The van der Waals surface area contributed by atoms with Crippen LogP contribution in [0.2, 0.25) is 0 Å². The molecule has 4 nitrogen and oxygen atoms in total. The van der Waals surface area contributed by atoms with Gasteiger partial charge < -0.3 is 15.4 Å². The summed E-state index contributed by atoms with van der Waals surface area (Å²) in [6.07, 6.45) is 1.00. The molecule has 3 rings (SSSR count). The van der Waals surface area contributed by atoms with E-state index in [4.69, 9.17) is 4.74 Å². The summed E-state index contributed by atoms with van der Waals surface area (Å²) in [6.45, 7) is 2.79. The summed E-state index contributed by atoms with van der Waals surface area (Å²) in [5, 5.41) is 8.89. The van der Waals surface area contributed by atoms with Crippen molar-refractivity contribution < 1.29 is 4.74 Å². The molecule has 0 aliphatic heterocycles. The second kappa shape index (κ2) is 11.3. The van der Waals surface area contributed by atoms with Gasteiger partial charge in [-0.15, -0.1) is 11.3 Å². The number of guanidine groups is 1. The normalized spacial score (nSPS) is 11.4. The van der Waals surface area contributed by atoms with Crippen LogP contribution in [0.3, 0.4) is 0 Å². The maximum absolute atomic E-state index is 5.91. The zero-order chi connectivity index (χ0) is 19.4. The zero-order valence-electron chi connectivity index (χ0n) is 16.2. The van der Waals surface area contributed by atoms with E-state index in [0.717, 1.165) is 18.9 Å². The minimum absolute atomic E-state index is 0.594. The summed E-state index contributed by atoms with van der Waals surface area (Å²) >= 11 is 1.79. The summed E-state index contributed by atoms with van der Waals surface area (Å²) in [5.41, 5.74) is 3.60. The number of hydrogen-bond acceptors (Lipinski definition) is 3. The first kappa shape index (κ1) is 20.1. The van der Waals surface area contributed by atoms with Gasteiger partial charge in [-0.1, -0.05) is 60.7 Å². The van der Waals surface area contributed by atoms with Crippen molar-refractivity contribution in [2.75, 3.05) is 13.6 Å². The first-order valence-electron chi connectivity index (χ1n) is 9.50. The van der Waals surface area contributed by atoms with E-state index >= 15 is 0 Å². The van der Waals surface area contributed by atoms with Crippen LogP contribution in [0.5, 0.6) is 0 Å². The molecule has 0 bridgehead atoms. The smallest absolute Gasteiger partial charge is 0.191 e. The van der Waals surface area contributed by atoms with Crippen molar-refractivity contribution in [3.8, 4) is 0 Å². The fourth-order valence-corrected chi connectivity index (χ4v) is 3.59. The Morgan fingerprint density at radius 1 is 0.893 bits per heavy atom. The van der Waals surface area contributed by atoms with Gasteiger partial charge in [-0.25, -0.2) is 0 Å². The first-order valence-corrected chi connectivity index (χ1v) is 10.4. The third-order valence-corrected chi connectivity index (χ3v) is 5.34. The van der Waals surface area contributed by atoms with Crippen molar-refractivity contribution in [3.63, 3.8) is 0 Å². The number of nitrogens with one attached hydrogen (secondary N) is 2. The van der Waals surface area contributed by atoms with Crippen LogP contribution in [0.15, 0.2) is 77.1 Å². The molecule has 2 N–H and O–H groups in total. The molecule has 0 atom stereocenters. The minimum atomic E-state index is 0.594. The van der Waals surface area contributed by atoms with Gasteiger partial charge in [-0.2, -0.15) is 0 Å². The number of ether oxygens (including phenoxy) is 1. The molecule has 28 heavy (non-hydrogen) atoms. The summed E-state index contributed by atoms with van der Waals surface area (Å²) in [4.78, 5) is 5.70. The van der Waals surface area contributed by atoms with Crippen LogP contribution in [0.4, 0.5) is 0 Å². The van der Waals surface area contributed by atoms with E-state index in [2.05, 4.69) is 69.5 Å². The number of hydrogen-bond donors (Lipinski definition) is 2. The number of thiophene rings is 1. The first-order chi connectivity index (χ1) is 13.8. The quantitative estimate of drug-likeness (QED) is 0.419. The van der Waals surface area contributed by atoms with Crippen LogP contribution >= 0.6 is 11.3 Å². The topological polar surface area (TPSA) is 45.7 Å². The average molecular weight is 394 g/mol. The van der Waals surface area contributed by atoms with Crippen molar-refractivity contribution in [2.24, 2.45) is 4.99 Å². The molecule has 3 aromatic rings.